The second kappa shape index (κ2) is 10.6. The van der Waals surface area contributed by atoms with Crippen LogP contribution in [0.25, 0.3) is 0 Å². The molecular formula is C25H29N5O3S. The van der Waals surface area contributed by atoms with Crippen LogP contribution in [0.2, 0.25) is 0 Å². The Labute approximate surface area is 203 Å². The third-order valence-electron chi connectivity index (χ3n) is 5.57. The predicted octanol–water partition coefficient (Wildman–Crippen LogP) is 5.12. The van der Waals surface area contributed by atoms with Crippen molar-refractivity contribution in [2.45, 2.75) is 37.9 Å². The zero-order chi connectivity index (χ0) is 24.1. The molecular weight excluding hydrogens is 450 g/mol. The van der Waals surface area contributed by atoms with E-state index in [0.29, 0.717) is 39.6 Å². The number of fused-ring (bicyclic) bond motifs is 1. The van der Waals surface area contributed by atoms with E-state index >= 15 is 0 Å². The monoisotopic (exact) mass is 479 g/mol. The summed E-state index contributed by atoms with van der Waals surface area (Å²) in [6.07, 6.45) is 2.20. The number of allylic oxidation sites excluding steroid dienone is 1. The van der Waals surface area contributed by atoms with E-state index < -0.39 is 6.04 Å². The summed E-state index contributed by atoms with van der Waals surface area (Å²) in [5, 5.41) is 11.7. The van der Waals surface area contributed by atoms with Gasteiger partial charge in [-0.3, -0.25) is 4.79 Å². The van der Waals surface area contributed by atoms with E-state index in [2.05, 4.69) is 22.5 Å². The summed E-state index contributed by atoms with van der Waals surface area (Å²) >= 11 is 1.62. The van der Waals surface area contributed by atoms with Crippen LogP contribution in [-0.4, -0.2) is 40.6 Å². The average Bonchev–Trinajstić information content (AvgIpc) is 3.25. The van der Waals surface area contributed by atoms with Gasteiger partial charge in [0.25, 0.3) is 5.91 Å². The van der Waals surface area contributed by atoms with Crippen molar-refractivity contribution in [3.63, 3.8) is 0 Å². The Morgan fingerprint density at radius 1 is 1.18 bits per heavy atom. The molecule has 1 unspecified atom stereocenters. The zero-order valence-corrected chi connectivity index (χ0v) is 20.6. The number of carbonyl (C=O) groups excluding carboxylic acids is 1. The largest absolute Gasteiger partial charge is 0.497 e. The van der Waals surface area contributed by atoms with Gasteiger partial charge < -0.3 is 20.1 Å². The van der Waals surface area contributed by atoms with Crippen LogP contribution in [0.15, 0.2) is 65.0 Å². The number of amides is 1. The normalized spacial score (nSPS) is 14.9. The highest BCUT2D eigenvalue weighted by atomic mass is 32.2. The minimum atomic E-state index is -0.478. The first-order chi connectivity index (χ1) is 16.5. The maximum Gasteiger partial charge on any atom is 0.255 e. The van der Waals surface area contributed by atoms with Crippen molar-refractivity contribution >= 4 is 29.3 Å². The lowest BCUT2D eigenvalue weighted by atomic mass is 9.95. The van der Waals surface area contributed by atoms with E-state index in [-0.39, 0.29) is 5.91 Å². The van der Waals surface area contributed by atoms with Crippen LogP contribution >= 0.6 is 11.8 Å². The molecule has 9 heteroatoms. The van der Waals surface area contributed by atoms with Gasteiger partial charge in [0.1, 0.15) is 17.5 Å². The summed E-state index contributed by atoms with van der Waals surface area (Å²) in [6.45, 7) is 4.04. The summed E-state index contributed by atoms with van der Waals surface area (Å²) in [6, 6.07) is 14.5. The standard InChI is InChI=1S/C25H29N5O3S/c1-5-6-14-34-25-28-24-26-16(2)21(23(31)27-19-12-7-8-13-20(19)33-4)22(30(24)29-25)17-10-9-11-18(15-17)32-3/h7-13,15,22H,5-6,14H2,1-4H3,(H,27,31)(H,26,28,29). The van der Waals surface area contributed by atoms with E-state index in [1.165, 1.54) is 0 Å². The molecule has 1 amide bonds. The first-order valence-electron chi connectivity index (χ1n) is 11.2. The number of thioether (sulfide) groups is 1. The molecule has 0 aliphatic carbocycles. The van der Waals surface area contributed by atoms with Crippen molar-refractivity contribution < 1.29 is 14.3 Å². The van der Waals surface area contributed by atoms with Gasteiger partial charge in [-0.15, -0.1) is 5.10 Å². The smallest absolute Gasteiger partial charge is 0.255 e. The minimum Gasteiger partial charge on any atom is -0.497 e. The van der Waals surface area contributed by atoms with Gasteiger partial charge in [-0.25, -0.2) is 4.68 Å². The van der Waals surface area contributed by atoms with Gasteiger partial charge in [-0.05, 0) is 43.2 Å². The van der Waals surface area contributed by atoms with Crippen molar-refractivity contribution in [3.8, 4) is 11.5 Å². The molecule has 0 fully saturated rings. The summed E-state index contributed by atoms with van der Waals surface area (Å²) in [5.74, 6) is 2.60. The fourth-order valence-corrected chi connectivity index (χ4v) is 4.76. The maximum atomic E-state index is 13.6. The van der Waals surface area contributed by atoms with Gasteiger partial charge in [0.15, 0.2) is 0 Å². The Kier molecular flexibility index (Phi) is 7.42. The van der Waals surface area contributed by atoms with Crippen LogP contribution in [0.1, 0.15) is 38.3 Å². The molecule has 178 valence electrons. The SMILES string of the molecule is CCCCSc1nc2n(n1)C(c1cccc(OC)c1)C(C(=O)Nc1ccccc1OC)=C(C)N2. The number of carbonyl (C=O) groups is 1. The van der Waals surface area contributed by atoms with Crippen molar-refractivity contribution in [3.05, 3.63) is 65.4 Å². The van der Waals surface area contributed by atoms with Crippen LogP contribution < -0.4 is 20.1 Å². The van der Waals surface area contributed by atoms with Crippen molar-refractivity contribution in [1.82, 2.24) is 14.8 Å². The van der Waals surface area contributed by atoms with Crippen LogP contribution in [0.5, 0.6) is 11.5 Å². The highest BCUT2D eigenvalue weighted by Gasteiger charge is 2.34. The molecule has 3 aromatic rings. The lowest BCUT2D eigenvalue weighted by molar-refractivity contribution is -0.113. The molecule has 1 aromatic heterocycles. The Balaban J connectivity index is 1.75. The first kappa shape index (κ1) is 23.7. The maximum absolute atomic E-state index is 13.6. The van der Waals surface area contributed by atoms with Crippen molar-refractivity contribution in [2.75, 3.05) is 30.6 Å². The molecule has 0 saturated heterocycles. The summed E-state index contributed by atoms with van der Waals surface area (Å²) in [5.41, 5.74) is 2.73. The fourth-order valence-electron chi connectivity index (χ4n) is 3.85. The van der Waals surface area contributed by atoms with E-state index in [9.17, 15) is 4.79 Å². The molecule has 0 saturated carbocycles. The molecule has 4 rings (SSSR count). The van der Waals surface area contributed by atoms with E-state index in [4.69, 9.17) is 14.6 Å². The number of hydrogen-bond acceptors (Lipinski definition) is 7. The highest BCUT2D eigenvalue weighted by molar-refractivity contribution is 7.99. The quantitative estimate of drug-likeness (QED) is 0.325. The number of anilines is 2. The number of aromatic nitrogens is 3. The van der Waals surface area contributed by atoms with Gasteiger partial charge in [0, 0.05) is 11.4 Å². The molecule has 0 spiro atoms. The molecule has 2 aromatic carbocycles. The fraction of sp³-hybridized carbons (Fsp3) is 0.320. The van der Waals surface area contributed by atoms with Gasteiger partial charge in [-0.1, -0.05) is 49.4 Å². The molecule has 2 heterocycles. The highest BCUT2D eigenvalue weighted by Crippen LogP contribution is 2.38. The lowest BCUT2D eigenvalue weighted by Crippen LogP contribution is -2.31. The van der Waals surface area contributed by atoms with Crippen LogP contribution in [0, 0.1) is 0 Å². The second-order valence-electron chi connectivity index (χ2n) is 7.86. The first-order valence-corrected chi connectivity index (χ1v) is 12.2. The Bertz CT molecular complexity index is 1210. The van der Waals surface area contributed by atoms with Crippen molar-refractivity contribution in [2.24, 2.45) is 0 Å². The minimum absolute atomic E-state index is 0.247. The van der Waals surface area contributed by atoms with E-state index in [1.807, 2.05) is 55.5 Å². The van der Waals surface area contributed by atoms with Crippen molar-refractivity contribution in [1.29, 1.82) is 0 Å². The topological polar surface area (TPSA) is 90.3 Å². The Morgan fingerprint density at radius 3 is 2.76 bits per heavy atom. The van der Waals surface area contributed by atoms with Crippen LogP contribution in [-0.2, 0) is 4.79 Å². The number of ether oxygens (including phenoxy) is 2. The number of nitrogens with zero attached hydrogens (tertiary/aromatic N) is 3. The molecule has 2 N–H and O–H groups in total. The van der Waals surface area contributed by atoms with Crippen LogP contribution in [0.4, 0.5) is 11.6 Å². The molecule has 0 bridgehead atoms. The second-order valence-corrected chi connectivity index (χ2v) is 8.92. The predicted molar refractivity (Wildman–Crippen MR) is 135 cm³/mol. The molecule has 1 aliphatic rings. The number of hydrogen-bond donors (Lipinski definition) is 2. The third kappa shape index (κ3) is 4.89. The average molecular weight is 480 g/mol. The molecule has 1 aliphatic heterocycles. The Morgan fingerprint density at radius 2 is 2.00 bits per heavy atom. The van der Waals surface area contributed by atoms with Gasteiger partial charge >= 0.3 is 0 Å². The number of unbranched alkanes of at least 4 members (excludes halogenated alkanes) is 1. The van der Waals surface area contributed by atoms with Gasteiger partial charge in [0.2, 0.25) is 11.1 Å². The van der Waals surface area contributed by atoms with Gasteiger partial charge in [0.05, 0.1) is 25.5 Å². The molecule has 8 nitrogen and oxygen atoms in total. The number of nitrogens with one attached hydrogen (secondary N) is 2. The number of rotatable bonds is 9. The van der Waals surface area contributed by atoms with Crippen LogP contribution in [0.3, 0.4) is 0 Å². The molecule has 0 radical (unpaired) electrons. The lowest BCUT2D eigenvalue weighted by Gasteiger charge is -2.29. The van der Waals surface area contributed by atoms with E-state index in [1.54, 1.807) is 30.7 Å². The molecule has 34 heavy (non-hydrogen) atoms. The summed E-state index contributed by atoms with van der Waals surface area (Å²) in [7, 11) is 3.21. The number of para-hydroxylation sites is 2. The summed E-state index contributed by atoms with van der Waals surface area (Å²) < 4.78 is 12.7. The van der Waals surface area contributed by atoms with E-state index in [0.717, 1.165) is 24.2 Å². The molecule has 1 atom stereocenters. The zero-order valence-electron chi connectivity index (χ0n) is 19.8. The number of benzene rings is 2. The number of methoxy groups -OCH3 is 2. The summed E-state index contributed by atoms with van der Waals surface area (Å²) in [4.78, 5) is 18.3. The third-order valence-corrected chi connectivity index (χ3v) is 6.50. The van der Waals surface area contributed by atoms with Gasteiger partial charge in [-0.2, -0.15) is 4.98 Å². The Hall–Kier alpha value is -3.46.